The number of hydrogen-bond acceptors (Lipinski definition) is 3. The number of aliphatic hydroxyl groups excluding tert-OH is 2. The zero-order valence-corrected chi connectivity index (χ0v) is 12.7. The van der Waals surface area contributed by atoms with Crippen LogP contribution in [-0.2, 0) is 0 Å². The van der Waals surface area contributed by atoms with Crippen molar-refractivity contribution in [3.8, 4) is 0 Å². The third-order valence-electron chi connectivity index (χ3n) is 3.81. The van der Waals surface area contributed by atoms with Crippen LogP contribution in [0.4, 0.5) is 10.1 Å². The smallest absolute Gasteiger partial charge is 0.123 e. The second-order valence-electron chi connectivity index (χ2n) is 5.18. The van der Waals surface area contributed by atoms with E-state index in [4.69, 9.17) is 0 Å². The molecular formula is C16H15BrFNO2. The summed E-state index contributed by atoms with van der Waals surface area (Å²) in [6.45, 7) is 0.313. The molecule has 110 valence electrons. The van der Waals surface area contributed by atoms with Gasteiger partial charge in [0.1, 0.15) is 11.9 Å². The molecule has 2 aromatic carbocycles. The van der Waals surface area contributed by atoms with Gasteiger partial charge >= 0.3 is 0 Å². The number of nitrogens with zero attached hydrogens (tertiary/aromatic N) is 1. The Kier molecular flexibility index (Phi) is 3.97. The number of β-amino-alcohol motifs (C(OH)–C–C–N with tert-alkyl or cyclic N) is 1. The summed E-state index contributed by atoms with van der Waals surface area (Å²) in [5.74, 6) is -0.306. The topological polar surface area (TPSA) is 43.7 Å². The van der Waals surface area contributed by atoms with Crippen molar-refractivity contribution in [1.82, 2.24) is 0 Å². The van der Waals surface area contributed by atoms with Crippen LogP contribution in [0.2, 0.25) is 0 Å². The fourth-order valence-electron chi connectivity index (χ4n) is 2.75. The third kappa shape index (κ3) is 2.81. The first-order valence-electron chi connectivity index (χ1n) is 6.70. The average Bonchev–Trinajstić information content (AvgIpc) is 2.77. The van der Waals surface area contributed by atoms with Gasteiger partial charge in [-0.15, -0.1) is 0 Å². The fourth-order valence-corrected chi connectivity index (χ4v) is 3.02. The van der Waals surface area contributed by atoms with Gasteiger partial charge in [0.05, 0.1) is 12.1 Å². The molecule has 3 unspecified atom stereocenters. The van der Waals surface area contributed by atoms with Gasteiger partial charge in [-0.3, -0.25) is 0 Å². The summed E-state index contributed by atoms with van der Waals surface area (Å²) in [6.07, 6.45) is -1.71. The normalized spacial score (nSPS) is 25.3. The molecule has 21 heavy (non-hydrogen) atoms. The summed E-state index contributed by atoms with van der Waals surface area (Å²) in [4.78, 5) is 1.90. The maximum atomic E-state index is 13.1. The molecule has 0 spiro atoms. The minimum atomic E-state index is -0.878. The van der Waals surface area contributed by atoms with E-state index in [-0.39, 0.29) is 11.9 Å². The van der Waals surface area contributed by atoms with Crippen molar-refractivity contribution in [2.75, 3.05) is 11.4 Å². The number of aliphatic hydroxyl groups is 2. The summed E-state index contributed by atoms with van der Waals surface area (Å²) >= 11 is 3.38. The van der Waals surface area contributed by atoms with Crippen LogP contribution in [0, 0.1) is 5.82 Å². The van der Waals surface area contributed by atoms with Crippen LogP contribution in [0.25, 0.3) is 0 Å². The average molecular weight is 352 g/mol. The molecule has 1 aliphatic heterocycles. The van der Waals surface area contributed by atoms with Gasteiger partial charge in [0.15, 0.2) is 0 Å². The van der Waals surface area contributed by atoms with Crippen LogP contribution < -0.4 is 4.90 Å². The number of benzene rings is 2. The van der Waals surface area contributed by atoms with Gasteiger partial charge in [-0.1, -0.05) is 28.1 Å². The molecule has 3 rings (SSSR count). The van der Waals surface area contributed by atoms with E-state index < -0.39 is 12.2 Å². The predicted octanol–water partition coefficient (Wildman–Crippen LogP) is 2.87. The lowest BCUT2D eigenvalue weighted by Crippen LogP contribution is -2.27. The van der Waals surface area contributed by atoms with E-state index in [0.717, 1.165) is 15.7 Å². The summed E-state index contributed by atoms with van der Waals surface area (Å²) in [5.41, 5.74) is 1.69. The first kappa shape index (κ1) is 14.5. The van der Waals surface area contributed by atoms with Gasteiger partial charge in [-0.2, -0.15) is 0 Å². The van der Waals surface area contributed by atoms with Gasteiger partial charge in [-0.25, -0.2) is 4.39 Å². The SMILES string of the molecule is OC1CN(c2ccc(F)cc2)C(c2ccc(Br)cc2)C1O. The number of hydrogen-bond donors (Lipinski definition) is 2. The molecule has 2 aromatic rings. The Morgan fingerprint density at radius 2 is 1.62 bits per heavy atom. The Balaban J connectivity index is 1.98. The minimum absolute atomic E-state index is 0.306. The zero-order chi connectivity index (χ0) is 15.0. The Labute approximate surface area is 130 Å². The molecule has 1 fully saturated rings. The molecule has 5 heteroatoms. The zero-order valence-electron chi connectivity index (χ0n) is 11.2. The summed E-state index contributed by atoms with van der Waals surface area (Å²) in [7, 11) is 0. The molecule has 3 atom stereocenters. The molecule has 0 amide bonds. The Bertz CT molecular complexity index is 617. The van der Waals surface area contributed by atoms with Gasteiger partial charge in [0.25, 0.3) is 0 Å². The first-order chi connectivity index (χ1) is 10.1. The van der Waals surface area contributed by atoms with E-state index in [1.54, 1.807) is 12.1 Å². The second kappa shape index (κ2) is 5.75. The maximum absolute atomic E-state index is 13.1. The lowest BCUT2D eigenvalue weighted by atomic mass is 10.0. The van der Waals surface area contributed by atoms with Crippen molar-refractivity contribution in [3.05, 3.63) is 64.4 Å². The molecule has 0 bridgehead atoms. The van der Waals surface area contributed by atoms with E-state index in [9.17, 15) is 14.6 Å². The van der Waals surface area contributed by atoms with E-state index >= 15 is 0 Å². The minimum Gasteiger partial charge on any atom is -0.388 e. The molecule has 0 radical (unpaired) electrons. The van der Waals surface area contributed by atoms with Crippen LogP contribution in [0.3, 0.4) is 0 Å². The predicted molar refractivity (Wildman–Crippen MR) is 82.6 cm³/mol. The van der Waals surface area contributed by atoms with Crippen LogP contribution in [-0.4, -0.2) is 29.0 Å². The molecule has 2 N–H and O–H groups in total. The molecule has 1 saturated heterocycles. The van der Waals surface area contributed by atoms with Gasteiger partial charge in [0, 0.05) is 16.7 Å². The van der Waals surface area contributed by atoms with Crippen LogP contribution >= 0.6 is 15.9 Å². The molecule has 1 heterocycles. The lowest BCUT2D eigenvalue weighted by molar-refractivity contribution is 0.0408. The van der Waals surface area contributed by atoms with E-state index in [0.29, 0.717) is 6.54 Å². The highest BCUT2D eigenvalue weighted by Crippen LogP contribution is 2.37. The third-order valence-corrected chi connectivity index (χ3v) is 4.34. The molecular weight excluding hydrogens is 337 g/mol. The fraction of sp³-hybridized carbons (Fsp3) is 0.250. The van der Waals surface area contributed by atoms with Gasteiger partial charge < -0.3 is 15.1 Å². The highest BCUT2D eigenvalue weighted by molar-refractivity contribution is 9.10. The molecule has 3 nitrogen and oxygen atoms in total. The number of halogens is 2. The van der Waals surface area contributed by atoms with Gasteiger partial charge in [-0.05, 0) is 42.0 Å². The Morgan fingerprint density at radius 1 is 1.00 bits per heavy atom. The number of anilines is 1. The van der Waals surface area contributed by atoms with Crippen molar-refractivity contribution in [2.24, 2.45) is 0 Å². The molecule has 0 aromatic heterocycles. The van der Waals surface area contributed by atoms with E-state index in [1.807, 2.05) is 29.2 Å². The first-order valence-corrected chi connectivity index (χ1v) is 7.49. The van der Waals surface area contributed by atoms with Crippen molar-refractivity contribution in [3.63, 3.8) is 0 Å². The summed E-state index contributed by atoms with van der Waals surface area (Å²) in [5, 5.41) is 20.3. The monoisotopic (exact) mass is 351 g/mol. The van der Waals surface area contributed by atoms with Crippen LogP contribution in [0.15, 0.2) is 53.0 Å². The Hall–Kier alpha value is -1.43. The van der Waals surface area contributed by atoms with Crippen molar-refractivity contribution in [1.29, 1.82) is 0 Å². The van der Waals surface area contributed by atoms with Crippen LogP contribution in [0.1, 0.15) is 11.6 Å². The molecule has 1 aliphatic rings. The Morgan fingerprint density at radius 3 is 2.24 bits per heavy atom. The highest BCUT2D eigenvalue weighted by Gasteiger charge is 2.40. The quantitative estimate of drug-likeness (QED) is 0.874. The van der Waals surface area contributed by atoms with Crippen molar-refractivity contribution in [2.45, 2.75) is 18.2 Å². The van der Waals surface area contributed by atoms with Gasteiger partial charge in [0.2, 0.25) is 0 Å². The molecule has 0 saturated carbocycles. The lowest BCUT2D eigenvalue weighted by Gasteiger charge is -2.28. The second-order valence-corrected chi connectivity index (χ2v) is 6.10. The van der Waals surface area contributed by atoms with Crippen molar-refractivity contribution >= 4 is 21.6 Å². The van der Waals surface area contributed by atoms with E-state index in [2.05, 4.69) is 15.9 Å². The maximum Gasteiger partial charge on any atom is 0.123 e. The van der Waals surface area contributed by atoms with Crippen molar-refractivity contribution < 1.29 is 14.6 Å². The summed E-state index contributed by atoms with van der Waals surface area (Å²) < 4.78 is 14.0. The number of rotatable bonds is 2. The van der Waals surface area contributed by atoms with Crippen LogP contribution in [0.5, 0.6) is 0 Å². The van der Waals surface area contributed by atoms with E-state index in [1.165, 1.54) is 12.1 Å². The largest absolute Gasteiger partial charge is 0.388 e. The highest BCUT2D eigenvalue weighted by atomic mass is 79.9. The standard InChI is InChI=1S/C16H15BrFNO2/c17-11-3-1-10(2-4-11)15-16(21)14(20)9-19(15)13-7-5-12(18)6-8-13/h1-8,14-16,20-21H,9H2. The summed E-state index contributed by atoms with van der Waals surface area (Å²) in [6, 6.07) is 13.3. The molecule has 0 aliphatic carbocycles.